The molecular formula is C19H31N. The van der Waals surface area contributed by atoms with Crippen LogP contribution in [0.25, 0.3) is 0 Å². The van der Waals surface area contributed by atoms with Gasteiger partial charge in [0.15, 0.2) is 0 Å². The van der Waals surface area contributed by atoms with Crippen LogP contribution in [0.5, 0.6) is 0 Å². The first-order valence-electron chi connectivity index (χ1n) is 8.10. The van der Waals surface area contributed by atoms with Gasteiger partial charge >= 0.3 is 0 Å². The van der Waals surface area contributed by atoms with Crippen LogP contribution < -0.4 is 5.73 Å². The molecule has 0 aliphatic heterocycles. The summed E-state index contributed by atoms with van der Waals surface area (Å²) in [6, 6.07) is 8.94. The Balaban J connectivity index is 2.05. The van der Waals surface area contributed by atoms with Crippen LogP contribution in [0.15, 0.2) is 24.3 Å². The van der Waals surface area contributed by atoms with Gasteiger partial charge in [-0.2, -0.15) is 0 Å². The molecule has 0 radical (unpaired) electrons. The Morgan fingerprint density at radius 1 is 1.20 bits per heavy atom. The maximum atomic E-state index is 6.18. The van der Waals surface area contributed by atoms with Gasteiger partial charge in [0.25, 0.3) is 0 Å². The van der Waals surface area contributed by atoms with Crippen LogP contribution >= 0.6 is 0 Å². The van der Waals surface area contributed by atoms with Crippen LogP contribution in [0.3, 0.4) is 0 Å². The van der Waals surface area contributed by atoms with Crippen molar-refractivity contribution in [2.75, 3.05) is 6.54 Å². The van der Waals surface area contributed by atoms with Crippen molar-refractivity contribution in [1.29, 1.82) is 0 Å². The Bertz CT molecular complexity index is 433. The van der Waals surface area contributed by atoms with Gasteiger partial charge in [-0.25, -0.2) is 0 Å². The summed E-state index contributed by atoms with van der Waals surface area (Å²) in [5.74, 6) is 0.861. The molecule has 1 aliphatic carbocycles. The van der Waals surface area contributed by atoms with E-state index in [0.29, 0.717) is 10.8 Å². The summed E-state index contributed by atoms with van der Waals surface area (Å²) in [7, 11) is 0. The van der Waals surface area contributed by atoms with Crippen LogP contribution in [0.4, 0.5) is 0 Å². The maximum absolute atomic E-state index is 6.18. The van der Waals surface area contributed by atoms with Gasteiger partial charge < -0.3 is 5.73 Å². The molecule has 0 saturated heterocycles. The molecule has 1 heteroatoms. The Hall–Kier alpha value is -0.820. The van der Waals surface area contributed by atoms with Gasteiger partial charge in [-0.15, -0.1) is 0 Å². The van der Waals surface area contributed by atoms with Crippen molar-refractivity contribution in [2.45, 2.75) is 59.8 Å². The standard InChI is InChI=1S/C19H31N/c1-15-6-5-7-16(12-15)13-19(14-20)10-8-17(9-11-19)18(2,3)4/h5-7,12,17H,8-11,13-14,20H2,1-4H3. The van der Waals surface area contributed by atoms with Crippen LogP contribution in [0.2, 0.25) is 0 Å². The highest BCUT2D eigenvalue weighted by molar-refractivity contribution is 5.23. The number of rotatable bonds is 3. The first-order chi connectivity index (χ1) is 9.35. The second kappa shape index (κ2) is 5.89. The molecule has 1 saturated carbocycles. The Kier molecular flexibility index (Phi) is 4.59. The van der Waals surface area contributed by atoms with Crippen LogP contribution in [-0.4, -0.2) is 6.54 Å². The molecular weight excluding hydrogens is 242 g/mol. The zero-order chi connectivity index (χ0) is 14.8. The quantitative estimate of drug-likeness (QED) is 0.847. The SMILES string of the molecule is Cc1cccc(CC2(CN)CCC(C(C)(C)C)CC2)c1. The zero-order valence-electron chi connectivity index (χ0n) is 13.7. The molecule has 1 aromatic rings. The van der Waals surface area contributed by atoms with Crippen molar-refractivity contribution in [2.24, 2.45) is 22.5 Å². The number of benzene rings is 1. The second-order valence-corrected chi connectivity index (χ2v) is 8.01. The van der Waals surface area contributed by atoms with Gasteiger partial charge in [-0.05, 0) is 67.9 Å². The molecule has 2 N–H and O–H groups in total. The molecule has 0 atom stereocenters. The van der Waals surface area contributed by atoms with E-state index in [1.165, 1.54) is 36.8 Å². The van der Waals surface area contributed by atoms with E-state index in [2.05, 4.69) is 52.0 Å². The first kappa shape index (κ1) is 15.6. The summed E-state index contributed by atoms with van der Waals surface area (Å²) in [5.41, 5.74) is 9.79. The summed E-state index contributed by atoms with van der Waals surface area (Å²) in [5, 5.41) is 0. The number of nitrogens with two attached hydrogens (primary N) is 1. The minimum Gasteiger partial charge on any atom is -0.330 e. The number of aryl methyl sites for hydroxylation is 1. The molecule has 0 bridgehead atoms. The lowest BCUT2D eigenvalue weighted by molar-refractivity contribution is 0.0926. The van der Waals surface area contributed by atoms with E-state index in [0.717, 1.165) is 18.9 Å². The van der Waals surface area contributed by atoms with Gasteiger partial charge in [-0.1, -0.05) is 50.6 Å². The summed E-state index contributed by atoms with van der Waals surface area (Å²) >= 11 is 0. The molecule has 112 valence electrons. The average molecular weight is 273 g/mol. The Morgan fingerprint density at radius 3 is 2.35 bits per heavy atom. The fourth-order valence-electron chi connectivity index (χ4n) is 3.80. The van der Waals surface area contributed by atoms with Crippen molar-refractivity contribution in [3.63, 3.8) is 0 Å². The Morgan fingerprint density at radius 2 is 1.85 bits per heavy atom. The molecule has 1 aliphatic rings. The minimum atomic E-state index is 0.343. The van der Waals surface area contributed by atoms with Crippen molar-refractivity contribution < 1.29 is 0 Å². The lowest BCUT2D eigenvalue weighted by Gasteiger charge is -2.44. The smallest absolute Gasteiger partial charge is 0.00173 e. The molecule has 0 amide bonds. The average Bonchev–Trinajstić information content (AvgIpc) is 2.38. The van der Waals surface area contributed by atoms with E-state index >= 15 is 0 Å². The monoisotopic (exact) mass is 273 g/mol. The third-order valence-corrected chi connectivity index (χ3v) is 5.37. The van der Waals surface area contributed by atoms with Crippen molar-refractivity contribution in [1.82, 2.24) is 0 Å². The Labute approximate surface area is 125 Å². The van der Waals surface area contributed by atoms with Crippen LogP contribution in [0, 0.1) is 23.7 Å². The predicted molar refractivity (Wildman–Crippen MR) is 87.8 cm³/mol. The summed E-state index contributed by atoms with van der Waals surface area (Å²) < 4.78 is 0. The maximum Gasteiger partial charge on any atom is -0.00173 e. The van der Waals surface area contributed by atoms with Gasteiger partial charge in [-0.3, -0.25) is 0 Å². The van der Waals surface area contributed by atoms with Gasteiger partial charge in [0, 0.05) is 0 Å². The van der Waals surface area contributed by atoms with E-state index in [-0.39, 0.29) is 0 Å². The molecule has 0 unspecified atom stereocenters. The second-order valence-electron chi connectivity index (χ2n) is 8.01. The third-order valence-electron chi connectivity index (χ3n) is 5.37. The molecule has 1 nitrogen and oxygen atoms in total. The molecule has 0 spiro atoms. The highest BCUT2D eigenvalue weighted by Gasteiger charge is 2.37. The molecule has 0 heterocycles. The fraction of sp³-hybridized carbons (Fsp3) is 0.684. The van der Waals surface area contributed by atoms with Crippen molar-refractivity contribution >= 4 is 0 Å². The number of hydrogen-bond acceptors (Lipinski definition) is 1. The summed E-state index contributed by atoms with van der Waals surface area (Å²) in [6.45, 7) is 10.2. The lowest BCUT2D eigenvalue weighted by Crippen LogP contribution is -2.39. The molecule has 1 aromatic carbocycles. The van der Waals surface area contributed by atoms with Crippen LogP contribution in [0.1, 0.15) is 57.6 Å². The van der Waals surface area contributed by atoms with Crippen molar-refractivity contribution in [3.05, 3.63) is 35.4 Å². The van der Waals surface area contributed by atoms with Crippen molar-refractivity contribution in [3.8, 4) is 0 Å². The van der Waals surface area contributed by atoms with Crippen LogP contribution in [-0.2, 0) is 6.42 Å². The normalized spacial score (nSPS) is 27.6. The molecule has 0 aromatic heterocycles. The summed E-state index contributed by atoms with van der Waals surface area (Å²) in [4.78, 5) is 0. The topological polar surface area (TPSA) is 26.0 Å². The van der Waals surface area contributed by atoms with Gasteiger partial charge in [0.2, 0.25) is 0 Å². The highest BCUT2D eigenvalue weighted by atomic mass is 14.6. The van der Waals surface area contributed by atoms with Gasteiger partial charge in [0.1, 0.15) is 0 Å². The van der Waals surface area contributed by atoms with Gasteiger partial charge in [0.05, 0.1) is 0 Å². The largest absolute Gasteiger partial charge is 0.330 e. The molecule has 20 heavy (non-hydrogen) atoms. The highest BCUT2D eigenvalue weighted by Crippen LogP contribution is 2.46. The molecule has 1 fully saturated rings. The van der Waals surface area contributed by atoms with E-state index in [4.69, 9.17) is 5.73 Å². The van der Waals surface area contributed by atoms with E-state index in [1.807, 2.05) is 0 Å². The predicted octanol–water partition coefficient (Wildman–Crippen LogP) is 4.72. The summed E-state index contributed by atoms with van der Waals surface area (Å²) in [6.07, 6.45) is 6.42. The fourth-order valence-corrected chi connectivity index (χ4v) is 3.80. The zero-order valence-corrected chi connectivity index (χ0v) is 13.7. The molecule has 2 rings (SSSR count). The van der Waals surface area contributed by atoms with E-state index in [9.17, 15) is 0 Å². The van der Waals surface area contributed by atoms with E-state index in [1.54, 1.807) is 0 Å². The third kappa shape index (κ3) is 3.63. The number of hydrogen-bond donors (Lipinski definition) is 1. The van der Waals surface area contributed by atoms with E-state index < -0.39 is 0 Å². The lowest BCUT2D eigenvalue weighted by atomic mass is 9.62. The first-order valence-corrected chi connectivity index (χ1v) is 8.10. The minimum absolute atomic E-state index is 0.343.